The van der Waals surface area contributed by atoms with Crippen molar-refractivity contribution >= 4 is 28.8 Å². The molecule has 3 aromatic rings. The Morgan fingerprint density at radius 3 is 2.60 bits per heavy atom. The van der Waals surface area contributed by atoms with Crippen LogP contribution in [0.3, 0.4) is 0 Å². The molecule has 3 rings (SSSR count). The Morgan fingerprint density at radius 1 is 1.15 bits per heavy atom. The first-order chi connectivity index (χ1) is 9.69. The third kappa shape index (κ3) is 2.17. The lowest BCUT2D eigenvalue weighted by molar-refractivity contribution is 0.112. The second-order valence-corrected chi connectivity index (χ2v) is 4.96. The zero-order valence-electron chi connectivity index (χ0n) is 10.8. The van der Waals surface area contributed by atoms with Crippen molar-refractivity contribution in [3.05, 3.63) is 59.2 Å². The quantitative estimate of drug-likeness (QED) is 0.666. The summed E-state index contributed by atoms with van der Waals surface area (Å²) in [6.07, 6.45) is 2.64. The van der Waals surface area contributed by atoms with E-state index in [1.54, 1.807) is 30.5 Å². The van der Waals surface area contributed by atoms with Crippen LogP contribution < -0.4 is 4.74 Å². The lowest BCUT2D eigenvalue weighted by Crippen LogP contribution is -1.87. The highest BCUT2D eigenvalue weighted by atomic mass is 35.5. The SMILES string of the molecule is Cn1cc(C=O)c2c(Oc3ccc(Cl)cc3)cccc21. The summed E-state index contributed by atoms with van der Waals surface area (Å²) in [7, 11) is 1.90. The van der Waals surface area contributed by atoms with E-state index >= 15 is 0 Å². The van der Waals surface area contributed by atoms with Crippen LogP contribution in [0.15, 0.2) is 48.7 Å². The number of rotatable bonds is 3. The summed E-state index contributed by atoms with van der Waals surface area (Å²) in [5.41, 5.74) is 1.57. The zero-order chi connectivity index (χ0) is 14.1. The number of aldehydes is 1. The van der Waals surface area contributed by atoms with Gasteiger partial charge in [-0.05, 0) is 36.4 Å². The number of hydrogen-bond donors (Lipinski definition) is 0. The molecule has 0 atom stereocenters. The van der Waals surface area contributed by atoms with Crippen LogP contribution >= 0.6 is 11.6 Å². The van der Waals surface area contributed by atoms with Crippen molar-refractivity contribution in [1.82, 2.24) is 4.57 Å². The number of aryl methyl sites for hydroxylation is 1. The van der Waals surface area contributed by atoms with Crippen LogP contribution in [0.5, 0.6) is 11.5 Å². The van der Waals surface area contributed by atoms with Gasteiger partial charge >= 0.3 is 0 Å². The maximum atomic E-state index is 11.2. The number of carbonyl (C=O) groups excluding carboxylic acids is 1. The van der Waals surface area contributed by atoms with Crippen LogP contribution in [0.4, 0.5) is 0 Å². The van der Waals surface area contributed by atoms with Crippen molar-refractivity contribution < 1.29 is 9.53 Å². The molecule has 0 amide bonds. The summed E-state index contributed by atoms with van der Waals surface area (Å²) >= 11 is 5.86. The van der Waals surface area contributed by atoms with Gasteiger partial charge in [0.15, 0.2) is 6.29 Å². The second kappa shape index (κ2) is 5.02. The molecule has 0 radical (unpaired) electrons. The van der Waals surface area contributed by atoms with Gasteiger partial charge in [0.1, 0.15) is 11.5 Å². The fourth-order valence-corrected chi connectivity index (χ4v) is 2.38. The first-order valence-electron chi connectivity index (χ1n) is 6.15. The van der Waals surface area contributed by atoms with E-state index in [2.05, 4.69) is 0 Å². The Labute approximate surface area is 121 Å². The fourth-order valence-electron chi connectivity index (χ4n) is 2.25. The van der Waals surface area contributed by atoms with E-state index in [4.69, 9.17) is 16.3 Å². The van der Waals surface area contributed by atoms with E-state index in [9.17, 15) is 4.79 Å². The number of aromatic nitrogens is 1. The van der Waals surface area contributed by atoms with Gasteiger partial charge in [-0.3, -0.25) is 4.79 Å². The van der Waals surface area contributed by atoms with Gasteiger partial charge in [-0.25, -0.2) is 0 Å². The van der Waals surface area contributed by atoms with Crippen LogP contribution in [-0.2, 0) is 7.05 Å². The van der Waals surface area contributed by atoms with Gasteiger partial charge in [-0.15, -0.1) is 0 Å². The third-order valence-corrected chi connectivity index (χ3v) is 3.43. The average molecular weight is 286 g/mol. The first kappa shape index (κ1) is 12.8. The van der Waals surface area contributed by atoms with E-state index in [0.29, 0.717) is 22.1 Å². The Morgan fingerprint density at radius 2 is 1.90 bits per heavy atom. The Kier molecular flexibility index (Phi) is 3.20. The summed E-state index contributed by atoms with van der Waals surface area (Å²) < 4.78 is 7.78. The van der Waals surface area contributed by atoms with E-state index in [1.165, 1.54) is 0 Å². The highest BCUT2D eigenvalue weighted by molar-refractivity contribution is 6.30. The van der Waals surface area contributed by atoms with Crippen LogP contribution in [0.2, 0.25) is 5.02 Å². The Hall–Kier alpha value is -2.26. The van der Waals surface area contributed by atoms with Crippen LogP contribution in [0, 0.1) is 0 Å². The summed E-state index contributed by atoms with van der Waals surface area (Å²) in [6, 6.07) is 12.8. The zero-order valence-corrected chi connectivity index (χ0v) is 11.6. The fraction of sp³-hybridized carbons (Fsp3) is 0.0625. The van der Waals surface area contributed by atoms with E-state index < -0.39 is 0 Å². The number of carbonyl (C=O) groups is 1. The standard InChI is InChI=1S/C16H12ClNO2/c1-18-9-11(10-19)16-14(18)3-2-4-15(16)20-13-7-5-12(17)6-8-13/h2-10H,1H3. The van der Waals surface area contributed by atoms with Gasteiger partial charge in [0, 0.05) is 23.8 Å². The number of nitrogens with zero attached hydrogens (tertiary/aromatic N) is 1. The molecule has 0 fully saturated rings. The van der Waals surface area contributed by atoms with Crippen molar-refractivity contribution in [3.63, 3.8) is 0 Å². The molecule has 0 unspecified atom stereocenters. The molecule has 3 nitrogen and oxygen atoms in total. The van der Waals surface area contributed by atoms with E-state index in [0.717, 1.165) is 17.2 Å². The number of halogens is 1. The van der Waals surface area contributed by atoms with Gasteiger partial charge < -0.3 is 9.30 Å². The van der Waals surface area contributed by atoms with Crippen molar-refractivity contribution in [3.8, 4) is 11.5 Å². The summed E-state index contributed by atoms with van der Waals surface area (Å²) in [5.74, 6) is 1.34. The molecule has 20 heavy (non-hydrogen) atoms. The largest absolute Gasteiger partial charge is 0.457 e. The maximum Gasteiger partial charge on any atom is 0.152 e. The number of benzene rings is 2. The lowest BCUT2D eigenvalue weighted by atomic mass is 10.1. The van der Waals surface area contributed by atoms with E-state index in [-0.39, 0.29) is 0 Å². The van der Waals surface area contributed by atoms with Crippen molar-refractivity contribution in [2.75, 3.05) is 0 Å². The van der Waals surface area contributed by atoms with Crippen molar-refractivity contribution in [2.24, 2.45) is 7.05 Å². The van der Waals surface area contributed by atoms with Crippen LogP contribution in [0.25, 0.3) is 10.9 Å². The summed E-state index contributed by atoms with van der Waals surface area (Å²) in [5, 5.41) is 1.48. The molecule has 1 aromatic heterocycles. The molecule has 0 aliphatic carbocycles. The highest BCUT2D eigenvalue weighted by Crippen LogP contribution is 2.33. The molecule has 2 aromatic carbocycles. The topological polar surface area (TPSA) is 31.2 Å². The number of fused-ring (bicyclic) bond motifs is 1. The van der Waals surface area contributed by atoms with E-state index in [1.807, 2.05) is 29.8 Å². The molecule has 0 saturated heterocycles. The molecule has 100 valence electrons. The number of ether oxygens (including phenoxy) is 1. The third-order valence-electron chi connectivity index (χ3n) is 3.17. The minimum absolute atomic E-state index is 0.618. The normalized spacial score (nSPS) is 10.7. The van der Waals surface area contributed by atoms with Crippen molar-refractivity contribution in [1.29, 1.82) is 0 Å². The monoisotopic (exact) mass is 285 g/mol. The van der Waals surface area contributed by atoms with Crippen LogP contribution in [-0.4, -0.2) is 10.9 Å². The Balaban J connectivity index is 2.11. The molecule has 0 N–H and O–H groups in total. The minimum atomic E-state index is 0.618. The molecule has 0 bridgehead atoms. The van der Waals surface area contributed by atoms with Crippen molar-refractivity contribution in [2.45, 2.75) is 0 Å². The summed E-state index contributed by atoms with van der Waals surface area (Å²) in [4.78, 5) is 11.2. The molecule has 0 spiro atoms. The predicted octanol–water partition coefficient (Wildman–Crippen LogP) is 4.44. The second-order valence-electron chi connectivity index (χ2n) is 4.52. The first-order valence-corrected chi connectivity index (χ1v) is 6.53. The highest BCUT2D eigenvalue weighted by Gasteiger charge is 2.11. The predicted molar refractivity (Wildman–Crippen MR) is 79.8 cm³/mol. The molecule has 0 aliphatic heterocycles. The maximum absolute atomic E-state index is 11.2. The Bertz CT molecular complexity index is 775. The number of hydrogen-bond acceptors (Lipinski definition) is 2. The molecular formula is C16H12ClNO2. The van der Waals surface area contributed by atoms with Gasteiger partial charge in [-0.2, -0.15) is 0 Å². The van der Waals surface area contributed by atoms with Gasteiger partial charge in [0.25, 0.3) is 0 Å². The summed E-state index contributed by atoms with van der Waals surface area (Å²) in [6.45, 7) is 0. The minimum Gasteiger partial charge on any atom is -0.457 e. The molecular weight excluding hydrogens is 274 g/mol. The van der Waals surface area contributed by atoms with Gasteiger partial charge in [-0.1, -0.05) is 17.7 Å². The molecule has 1 heterocycles. The smallest absolute Gasteiger partial charge is 0.152 e. The van der Waals surface area contributed by atoms with Gasteiger partial charge in [0.05, 0.1) is 10.9 Å². The lowest BCUT2D eigenvalue weighted by Gasteiger charge is -2.08. The molecule has 0 saturated carbocycles. The molecule has 4 heteroatoms. The van der Waals surface area contributed by atoms with Gasteiger partial charge in [0.2, 0.25) is 0 Å². The average Bonchev–Trinajstić information content (AvgIpc) is 2.79. The molecule has 0 aliphatic rings. The van der Waals surface area contributed by atoms with Crippen LogP contribution in [0.1, 0.15) is 10.4 Å².